The number of benzene rings is 2. The van der Waals surface area contributed by atoms with Crippen LogP contribution in [0.2, 0.25) is 0 Å². The van der Waals surface area contributed by atoms with Crippen LogP contribution in [0.3, 0.4) is 0 Å². The van der Waals surface area contributed by atoms with E-state index in [1.807, 2.05) is 59.3 Å². The van der Waals surface area contributed by atoms with Gasteiger partial charge in [0.05, 0.1) is 19.0 Å². The van der Waals surface area contributed by atoms with Crippen LogP contribution in [0.5, 0.6) is 17.2 Å². The Morgan fingerprint density at radius 2 is 1.70 bits per heavy atom. The number of methoxy groups -OCH3 is 1. The van der Waals surface area contributed by atoms with Crippen molar-refractivity contribution in [1.82, 2.24) is 14.8 Å². The van der Waals surface area contributed by atoms with Crippen LogP contribution in [-0.2, 0) is 6.54 Å². The summed E-state index contributed by atoms with van der Waals surface area (Å²) >= 11 is 2.21. The van der Waals surface area contributed by atoms with Gasteiger partial charge in [0.1, 0.15) is 20.9 Å². The minimum Gasteiger partial charge on any atom is -0.497 e. The number of nitrogen functional groups attached to an aromatic ring is 1. The highest BCUT2D eigenvalue weighted by molar-refractivity contribution is 14.1. The first-order valence-electron chi connectivity index (χ1n) is 8.31. The van der Waals surface area contributed by atoms with E-state index in [9.17, 15) is 0 Å². The summed E-state index contributed by atoms with van der Waals surface area (Å²) in [6.45, 7) is 0.613. The van der Waals surface area contributed by atoms with E-state index < -0.39 is 0 Å². The van der Waals surface area contributed by atoms with E-state index in [0.29, 0.717) is 12.2 Å². The number of anilines is 1. The predicted molar refractivity (Wildman–Crippen MR) is 113 cm³/mol. The third kappa shape index (κ3) is 3.68. The van der Waals surface area contributed by atoms with Crippen molar-refractivity contribution in [2.45, 2.75) is 6.54 Å². The molecule has 6 nitrogen and oxygen atoms in total. The summed E-state index contributed by atoms with van der Waals surface area (Å²) in [5, 5.41) is 5.55. The Morgan fingerprint density at radius 1 is 1.00 bits per heavy atom. The van der Waals surface area contributed by atoms with Crippen LogP contribution in [0.1, 0.15) is 5.56 Å². The number of halogens is 1. The van der Waals surface area contributed by atoms with Gasteiger partial charge in [-0.15, -0.1) is 0 Å². The van der Waals surface area contributed by atoms with Crippen molar-refractivity contribution in [1.29, 1.82) is 0 Å². The maximum absolute atomic E-state index is 6.05. The van der Waals surface area contributed by atoms with Gasteiger partial charge < -0.3 is 15.2 Å². The summed E-state index contributed by atoms with van der Waals surface area (Å²) < 4.78 is 14.0. The van der Waals surface area contributed by atoms with E-state index in [2.05, 4.69) is 32.7 Å². The Kier molecular flexibility index (Phi) is 4.85. The molecule has 0 fully saturated rings. The molecule has 0 amide bonds. The molecule has 4 rings (SSSR count). The van der Waals surface area contributed by atoms with E-state index in [1.165, 1.54) is 0 Å². The summed E-state index contributed by atoms with van der Waals surface area (Å²) in [4.78, 5) is 4.52. The number of hydrogen-bond donors (Lipinski definition) is 1. The van der Waals surface area contributed by atoms with Gasteiger partial charge in [0, 0.05) is 18.0 Å². The second kappa shape index (κ2) is 7.43. The summed E-state index contributed by atoms with van der Waals surface area (Å²) in [5.41, 5.74) is 8.33. The molecule has 0 aliphatic carbocycles. The van der Waals surface area contributed by atoms with Gasteiger partial charge in [-0.1, -0.05) is 12.1 Å². The molecule has 0 aliphatic rings. The second-order valence-corrected chi connectivity index (χ2v) is 7.00. The van der Waals surface area contributed by atoms with Crippen LogP contribution in [0, 0.1) is 3.70 Å². The normalized spacial score (nSPS) is 10.9. The molecular formula is C20H17IN4O2. The summed E-state index contributed by atoms with van der Waals surface area (Å²) in [6.07, 6.45) is 1.73. The maximum Gasteiger partial charge on any atom is 0.163 e. The van der Waals surface area contributed by atoms with Gasteiger partial charge in [-0.05, 0) is 64.6 Å². The van der Waals surface area contributed by atoms with E-state index >= 15 is 0 Å². The molecule has 136 valence electrons. The van der Waals surface area contributed by atoms with Gasteiger partial charge in [-0.25, -0.2) is 9.67 Å². The molecule has 0 radical (unpaired) electrons. The summed E-state index contributed by atoms with van der Waals surface area (Å²) in [5.74, 6) is 2.27. The third-order valence-electron chi connectivity index (χ3n) is 4.15. The van der Waals surface area contributed by atoms with Gasteiger partial charge >= 0.3 is 0 Å². The first-order valence-corrected chi connectivity index (χ1v) is 9.39. The van der Waals surface area contributed by atoms with E-state index in [4.69, 9.17) is 15.2 Å². The lowest BCUT2D eigenvalue weighted by atomic mass is 10.2. The third-order valence-corrected chi connectivity index (χ3v) is 4.91. The van der Waals surface area contributed by atoms with Crippen LogP contribution >= 0.6 is 22.6 Å². The Labute approximate surface area is 170 Å². The van der Waals surface area contributed by atoms with E-state index in [1.54, 1.807) is 13.3 Å². The molecule has 0 spiro atoms. The Bertz CT molecular complexity index is 1080. The quantitative estimate of drug-likeness (QED) is 0.343. The highest BCUT2D eigenvalue weighted by Crippen LogP contribution is 2.32. The molecule has 0 bridgehead atoms. The summed E-state index contributed by atoms with van der Waals surface area (Å²) in [7, 11) is 1.66. The lowest BCUT2D eigenvalue weighted by molar-refractivity contribution is 0.414. The molecular weight excluding hydrogens is 455 g/mol. The van der Waals surface area contributed by atoms with Crippen molar-refractivity contribution < 1.29 is 9.47 Å². The Balaban J connectivity index is 1.68. The molecule has 2 aromatic carbocycles. The average molecular weight is 472 g/mol. The molecule has 2 aromatic heterocycles. The average Bonchev–Trinajstić information content (AvgIpc) is 3.01. The van der Waals surface area contributed by atoms with Crippen LogP contribution in [0.15, 0.2) is 60.8 Å². The lowest BCUT2D eigenvalue weighted by Gasteiger charge is -2.08. The predicted octanol–water partition coefficient (Wildman–Crippen LogP) is 4.47. The zero-order valence-corrected chi connectivity index (χ0v) is 16.8. The van der Waals surface area contributed by atoms with Crippen molar-refractivity contribution in [2.75, 3.05) is 12.8 Å². The van der Waals surface area contributed by atoms with E-state index in [-0.39, 0.29) is 0 Å². The molecule has 0 aliphatic heterocycles. The molecule has 0 unspecified atom stereocenters. The van der Waals surface area contributed by atoms with Crippen LogP contribution in [0.4, 0.5) is 5.69 Å². The van der Waals surface area contributed by atoms with Crippen molar-refractivity contribution in [3.8, 4) is 17.2 Å². The fourth-order valence-corrected chi connectivity index (χ4v) is 3.56. The van der Waals surface area contributed by atoms with Crippen molar-refractivity contribution in [2.24, 2.45) is 0 Å². The standard InChI is InChI=1S/C20H17IN4O2/c1-26-15-6-2-13(3-7-15)12-25-20-18(19(21)24-25)17(10-11-23-20)27-16-8-4-14(22)5-9-16/h2-11H,12,22H2,1H3. The number of rotatable bonds is 5. The lowest BCUT2D eigenvalue weighted by Crippen LogP contribution is -2.02. The number of fused-ring (bicyclic) bond motifs is 1. The maximum atomic E-state index is 6.05. The number of hydrogen-bond acceptors (Lipinski definition) is 5. The molecule has 4 aromatic rings. The SMILES string of the molecule is COc1ccc(Cn2nc(I)c3c(Oc4ccc(N)cc4)ccnc32)cc1. The molecule has 27 heavy (non-hydrogen) atoms. The fourth-order valence-electron chi connectivity index (χ4n) is 2.79. The highest BCUT2D eigenvalue weighted by Gasteiger charge is 2.15. The summed E-state index contributed by atoms with van der Waals surface area (Å²) in [6, 6.07) is 17.1. The minimum absolute atomic E-state index is 0.613. The van der Waals surface area contributed by atoms with E-state index in [0.717, 1.165) is 37.5 Å². The van der Waals surface area contributed by atoms with Gasteiger partial charge in [0.25, 0.3) is 0 Å². The molecule has 0 saturated heterocycles. The zero-order valence-electron chi connectivity index (χ0n) is 14.6. The number of nitrogens with two attached hydrogens (primary N) is 1. The molecule has 0 atom stereocenters. The Morgan fingerprint density at radius 3 is 2.41 bits per heavy atom. The minimum atomic E-state index is 0.613. The van der Waals surface area contributed by atoms with Crippen molar-refractivity contribution >= 4 is 39.3 Å². The number of aromatic nitrogens is 3. The zero-order chi connectivity index (χ0) is 18.8. The van der Waals surface area contributed by atoms with Crippen LogP contribution in [-0.4, -0.2) is 21.9 Å². The van der Waals surface area contributed by atoms with Crippen molar-refractivity contribution in [3.63, 3.8) is 0 Å². The number of ether oxygens (including phenoxy) is 2. The number of pyridine rings is 1. The monoisotopic (exact) mass is 472 g/mol. The van der Waals surface area contributed by atoms with Crippen LogP contribution in [0.25, 0.3) is 11.0 Å². The largest absolute Gasteiger partial charge is 0.497 e. The molecule has 2 heterocycles. The van der Waals surface area contributed by atoms with Gasteiger partial charge in [0.15, 0.2) is 5.65 Å². The van der Waals surface area contributed by atoms with Crippen LogP contribution < -0.4 is 15.2 Å². The molecule has 0 saturated carbocycles. The van der Waals surface area contributed by atoms with Gasteiger partial charge in [0.2, 0.25) is 0 Å². The van der Waals surface area contributed by atoms with Gasteiger partial charge in [-0.3, -0.25) is 0 Å². The first kappa shape index (κ1) is 17.6. The van der Waals surface area contributed by atoms with Crippen molar-refractivity contribution in [3.05, 3.63) is 70.1 Å². The highest BCUT2D eigenvalue weighted by atomic mass is 127. The first-order chi connectivity index (χ1) is 13.1. The molecule has 7 heteroatoms. The second-order valence-electron chi connectivity index (χ2n) is 5.98. The van der Waals surface area contributed by atoms with Gasteiger partial charge in [-0.2, -0.15) is 5.10 Å². The number of nitrogens with zero attached hydrogens (tertiary/aromatic N) is 3. The Hall–Kier alpha value is -2.81. The smallest absolute Gasteiger partial charge is 0.163 e. The topological polar surface area (TPSA) is 75.2 Å². The molecule has 2 N–H and O–H groups in total. The fraction of sp³-hybridized carbons (Fsp3) is 0.100.